The number of halogens is 1. The summed E-state index contributed by atoms with van der Waals surface area (Å²) in [7, 11) is 0. The van der Waals surface area contributed by atoms with Crippen LogP contribution < -0.4 is 21.2 Å². The molecule has 0 radical (unpaired) electrons. The standard InChI is InChI=1S/C21H20I/c1-15-13-16(2)21(17(3)14-15)22-20-12-8-7-11-19(20)18-9-5-4-6-10-18/h4-14H,1-3H3/q+1. The number of hydrogen-bond donors (Lipinski definition) is 0. The Bertz CT molecular complexity index is 765. The third-order valence-electron chi connectivity index (χ3n) is 3.74. The van der Waals surface area contributed by atoms with Crippen LogP contribution in [-0.4, -0.2) is 0 Å². The fourth-order valence-corrected chi connectivity index (χ4v) is 5.72. The second-order valence-corrected chi connectivity index (χ2v) is 8.43. The summed E-state index contributed by atoms with van der Waals surface area (Å²) in [5.74, 6) is 0. The Morgan fingerprint density at radius 2 is 1.27 bits per heavy atom. The molecule has 0 saturated carbocycles. The molecule has 110 valence electrons. The summed E-state index contributed by atoms with van der Waals surface area (Å²) in [6.07, 6.45) is 0. The molecule has 0 bridgehead atoms. The van der Waals surface area contributed by atoms with Crippen molar-refractivity contribution in [1.29, 1.82) is 0 Å². The minimum atomic E-state index is -0.175. The molecule has 1 heteroatoms. The van der Waals surface area contributed by atoms with Crippen LogP contribution in [-0.2, 0) is 0 Å². The van der Waals surface area contributed by atoms with E-state index < -0.39 is 0 Å². The molecule has 0 saturated heterocycles. The summed E-state index contributed by atoms with van der Waals surface area (Å²) in [4.78, 5) is 0. The van der Waals surface area contributed by atoms with Gasteiger partial charge in [-0.1, -0.05) is 60.2 Å². The third kappa shape index (κ3) is 3.25. The van der Waals surface area contributed by atoms with Crippen LogP contribution in [0.2, 0.25) is 0 Å². The van der Waals surface area contributed by atoms with E-state index in [0.717, 1.165) is 0 Å². The van der Waals surface area contributed by atoms with Crippen molar-refractivity contribution in [2.24, 2.45) is 0 Å². The third-order valence-corrected chi connectivity index (χ3v) is 7.50. The SMILES string of the molecule is Cc1cc(C)c([I+]c2ccccc2-c2ccccc2)c(C)c1. The number of rotatable bonds is 3. The number of aryl methyl sites for hydroxylation is 3. The van der Waals surface area contributed by atoms with Gasteiger partial charge in [-0.15, -0.1) is 0 Å². The molecule has 0 N–H and O–H groups in total. The van der Waals surface area contributed by atoms with Crippen LogP contribution in [0.3, 0.4) is 0 Å². The van der Waals surface area contributed by atoms with Crippen molar-refractivity contribution in [3.05, 3.63) is 90.6 Å². The Labute approximate surface area is 143 Å². The first-order valence-electron chi connectivity index (χ1n) is 7.52. The Hall–Kier alpha value is -1.61. The lowest BCUT2D eigenvalue weighted by Gasteiger charge is -2.04. The highest BCUT2D eigenvalue weighted by Crippen LogP contribution is 2.18. The molecular weight excluding hydrogens is 379 g/mol. The van der Waals surface area contributed by atoms with Gasteiger partial charge < -0.3 is 0 Å². The smallest absolute Gasteiger partial charge is 0.0622 e. The summed E-state index contributed by atoms with van der Waals surface area (Å²) in [6.45, 7) is 6.68. The van der Waals surface area contributed by atoms with Crippen LogP contribution in [0, 0.1) is 27.9 Å². The first kappa shape index (κ1) is 15.3. The summed E-state index contributed by atoms with van der Waals surface area (Å²) in [5, 5.41) is 0. The van der Waals surface area contributed by atoms with Gasteiger partial charge in [-0.05, 0) is 38.5 Å². The number of benzene rings is 3. The van der Waals surface area contributed by atoms with E-state index >= 15 is 0 Å². The maximum absolute atomic E-state index is 2.31. The van der Waals surface area contributed by atoms with E-state index in [-0.39, 0.29) is 21.2 Å². The molecular formula is C21H20I+. The Balaban J connectivity index is 2.04. The zero-order chi connectivity index (χ0) is 15.5. The molecule has 3 aromatic carbocycles. The highest BCUT2D eigenvalue weighted by molar-refractivity contribution is 5.62. The van der Waals surface area contributed by atoms with Crippen molar-refractivity contribution in [1.82, 2.24) is 0 Å². The van der Waals surface area contributed by atoms with Gasteiger partial charge in [-0.2, -0.15) is 0 Å². The molecule has 0 atom stereocenters. The zero-order valence-corrected chi connectivity index (χ0v) is 15.4. The van der Waals surface area contributed by atoms with Crippen LogP contribution >= 0.6 is 0 Å². The fourth-order valence-electron chi connectivity index (χ4n) is 2.81. The van der Waals surface area contributed by atoms with Crippen molar-refractivity contribution in [3.63, 3.8) is 0 Å². The zero-order valence-electron chi connectivity index (χ0n) is 13.2. The Morgan fingerprint density at radius 3 is 1.95 bits per heavy atom. The molecule has 22 heavy (non-hydrogen) atoms. The average Bonchev–Trinajstić information content (AvgIpc) is 2.52. The molecule has 0 aliphatic heterocycles. The first-order valence-corrected chi connectivity index (χ1v) is 9.68. The molecule has 0 aliphatic rings. The van der Waals surface area contributed by atoms with Gasteiger partial charge in [0.1, 0.15) is 0 Å². The van der Waals surface area contributed by atoms with Crippen LogP contribution in [0.4, 0.5) is 0 Å². The highest BCUT2D eigenvalue weighted by Gasteiger charge is 2.24. The van der Waals surface area contributed by atoms with E-state index in [1.807, 2.05) is 0 Å². The maximum Gasteiger partial charge on any atom is 0.359 e. The van der Waals surface area contributed by atoms with Crippen molar-refractivity contribution >= 4 is 0 Å². The highest BCUT2D eigenvalue weighted by atomic mass is 127. The monoisotopic (exact) mass is 399 g/mol. The van der Waals surface area contributed by atoms with Gasteiger partial charge in [-0.3, -0.25) is 0 Å². The minimum absolute atomic E-state index is 0.175. The largest absolute Gasteiger partial charge is 0.359 e. The van der Waals surface area contributed by atoms with Crippen LogP contribution in [0.15, 0.2) is 66.7 Å². The molecule has 0 fully saturated rings. The van der Waals surface area contributed by atoms with Crippen LogP contribution in [0.5, 0.6) is 0 Å². The van der Waals surface area contributed by atoms with Crippen molar-refractivity contribution in [2.75, 3.05) is 0 Å². The van der Waals surface area contributed by atoms with Gasteiger partial charge in [0.25, 0.3) is 0 Å². The summed E-state index contributed by atoms with van der Waals surface area (Å²) < 4.78 is 3.07. The molecule has 0 aliphatic carbocycles. The molecule has 3 aromatic rings. The summed E-state index contributed by atoms with van der Waals surface area (Å²) in [6, 6.07) is 24.2. The molecule has 0 unspecified atom stereocenters. The van der Waals surface area contributed by atoms with E-state index in [1.165, 1.54) is 31.4 Å². The molecule has 0 nitrogen and oxygen atoms in total. The lowest BCUT2D eigenvalue weighted by molar-refractivity contribution is -0.597. The van der Waals surface area contributed by atoms with Crippen LogP contribution in [0.1, 0.15) is 16.7 Å². The fraction of sp³-hybridized carbons (Fsp3) is 0.143. The van der Waals surface area contributed by atoms with Crippen molar-refractivity contribution < 1.29 is 21.2 Å². The van der Waals surface area contributed by atoms with E-state index in [2.05, 4.69) is 87.5 Å². The maximum atomic E-state index is 2.31. The van der Waals surface area contributed by atoms with Gasteiger partial charge in [0.05, 0.1) is 0 Å². The van der Waals surface area contributed by atoms with Gasteiger partial charge in [-0.25, -0.2) is 0 Å². The molecule has 0 aromatic heterocycles. The summed E-state index contributed by atoms with van der Waals surface area (Å²) >= 11 is -0.175. The predicted octanol–water partition coefficient (Wildman–Crippen LogP) is 2.41. The average molecular weight is 399 g/mol. The van der Waals surface area contributed by atoms with Gasteiger partial charge in [0, 0.05) is 16.7 Å². The van der Waals surface area contributed by atoms with E-state index in [4.69, 9.17) is 0 Å². The first-order chi connectivity index (χ1) is 10.6. The topological polar surface area (TPSA) is 0 Å². The lowest BCUT2D eigenvalue weighted by Crippen LogP contribution is -3.62. The Morgan fingerprint density at radius 1 is 0.682 bits per heavy atom. The van der Waals surface area contributed by atoms with E-state index in [1.54, 1.807) is 3.57 Å². The molecule has 0 spiro atoms. The number of hydrogen-bond acceptors (Lipinski definition) is 0. The quantitative estimate of drug-likeness (QED) is 0.594. The minimum Gasteiger partial charge on any atom is -0.0622 e. The van der Waals surface area contributed by atoms with Gasteiger partial charge in [0.15, 0.2) is 3.57 Å². The molecule has 3 rings (SSSR count). The van der Waals surface area contributed by atoms with Gasteiger partial charge >= 0.3 is 21.2 Å². The summed E-state index contributed by atoms with van der Waals surface area (Å²) in [5.41, 5.74) is 6.94. The lowest BCUT2D eigenvalue weighted by atomic mass is 10.1. The van der Waals surface area contributed by atoms with Crippen molar-refractivity contribution in [3.8, 4) is 11.1 Å². The van der Waals surface area contributed by atoms with E-state index in [0.29, 0.717) is 0 Å². The second kappa shape index (κ2) is 6.66. The van der Waals surface area contributed by atoms with Crippen LogP contribution in [0.25, 0.3) is 11.1 Å². The Kier molecular flexibility index (Phi) is 4.63. The normalized spacial score (nSPS) is 10.7. The molecule has 0 amide bonds. The van der Waals surface area contributed by atoms with E-state index in [9.17, 15) is 0 Å². The molecule has 0 heterocycles. The van der Waals surface area contributed by atoms with Gasteiger partial charge in [0.2, 0.25) is 3.57 Å². The second-order valence-electron chi connectivity index (χ2n) is 5.65. The predicted molar refractivity (Wildman–Crippen MR) is 89.9 cm³/mol. The van der Waals surface area contributed by atoms with Crippen molar-refractivity contribution in [2.45, 2.75) is 20.8 Å².